The second-order valence-corrected chi connectivity index (χ2v) is 8.31. The van der Waals surface area contributed by atoms with Crippen LogP contribution in [0.5, 0.6) is 0 Å². The van der Waals surface area contributed by atoms with E-state index in [0.717, 1.165) is 77.8 Å². The van der Waals surface area contributed by atoms with Crippen molar-refractivity contribution in [3.8, 4) is 0 Å². The minimum atomic E-state index is 0. The molecule has 0 aromatic carbocycles. The molecule has 0 aromatic heterocycles. The van der Waals surface area contributed by atoms with Crippen molar-refractivity contribution in [3.63, 3.8) is 0 Å². The van der Waals surface area contributed by atoms with Gasteiger partial charge in [0.05, 0.1) is 26.3 Å². The molecule has 2 unspecified atom stereocenters. The second-order valence-electron chi connectivity index (χ2n) is 8.31. The number of nitrogens with one attached hydrogen (secondary N) is 2. The van der Waals surface area contributed by atoms with Gasteiger partial charge in [0.15, 0.2) is 5.96 Å². The smallest absolute Gasteiger partial charge is 0.234 e. The molecule has 3 rings (SSSR count). The summed E-state index contributed by atoms with van der Waals surface area (Å²) in [4.78, 5) is 24.0. The van der Waals surface area contributed by atoms with Crippen LogP contribution < -0.4 is 10.6 Å². The number of hydrogen-bond acceptors (Lipinski definition) is 5. The SMILES string of the molecule is CCNC(=NCC(C)N1CCOCC1C)N1CCN(CC(=O)NC2CC2)CC1.I. The van der Waals surface area contributed by atoms with E-state index in [1.165, 1.54) is 0 Å². The molecule has 2 aliphatic heterocycles. The summed E-state index contributed by atoms with van der Waals surface area (Å²) in [6.07, 6.45) is 2.29. The van der Waals surface area contributed by atoms with E-state index >= 15 is 0 Å². The zero-order chi connectivity index (χ0) is 19.9. The Kier molecular flexibility index (Phi) is 10.4. The summed E-state index contributed by atoms with van der Waals surface area (Å²) >= 11 is 0. The summed E-state index contributed by atoms with van der Waals surface area (Å²) in [5.41, 5.74) is 0. The highest BCUT2D eigenvalue weighted by molar-refractivity contribution is 14.0. The fraction of sp³-hybridized carbons (Fsp3) is 0.900. The molecule has 29 heavy (non-hydrogen) atoms. The number of carbonyl (C=O) groups excluding carboxylic acids is 1. The number of amides is 1. The highest BCUT2D eigenvalue weighted by atomic mass is 127. The molecule has 0 aromatic rings. The van der Waals surface area contributed by atoms with E-state index in [1.807, 2.05) is 0 Å². The van der Waals surface area contributed by atoms with Gasteiger partial charge in [-0.2, -0.15) is 0 Å². The van der Waals surface area contributed by atoms with Gasteiger partial charge in [0.2, 0.25) is 5.91 Å². The zero-order valence-electron chi connectivity index (χ0n) is 18.2. The molecule has 0 radical (unpaired) electrons. The molecule has 1 amide bonds. The molecule has 0 bridgehead atoms. The average molecular weight is 522 g/mol. The largest absolute Gasteiger partial charge is 0.379 e. The van der Waals surface area contributed by atoms with E-state index in [4.69, 9.17) is 9.73 Å². The lowest BCUT2D eigenvalue weighted by atomic mass is 10.2. The van der Waals surface area contributed by atoms with Crippen LogP contribution in [0.15, 0.2) is 4.99 Å². The van der Waals surface area contributed by atoms with Crippen molar-refractivity contribution in [1.29, 1.82) is 0 Å². The zero-order valence-corrected chi connectivity index (χ0v) is 20.6. The summed E-state index contributed by atoms with van der Waals surface area (Å²) in [5.74, 6) is 1.17. The van der Waals surface area contributed by atoms with Gasteiger partial charge in [0.1, 0.15) is 0 Å². The molecule has 9 heteroatoms. The summed E-state index contributed by atoms with van der Waals surface area (Å²) in [6, 6.07) is 1.30. The van der Waals surface area contributed by atoms with Crippen molar-refractivity contribution in [1.82, 2.24) is 25.3 Å². The van der Waals surface area contributed by atoms with E-state index in [-0.39, 0.29) is 29.9 Å². The second kappa shape index (κ2) is 12.3. The first-order valence-electron chi connectivity index (χ1n) is 10.9. The van der Waals surface area contributed by atoms with Crippen LogP contribution in [0.2, 0.25) is 0 Å². The molecular formula is C20H39IN6O2. The molecule has 3 aliphatic rings. The number of nitrogens with zero attached hydrogens (tertiary/aromatic N) is 4. The number of halogens is 1. The third kappa shape index (κ3) is 7.84. The average Bonchev–Trinajstić information content (AvgIpc) is 3.50. The lowest BCUT2D eigenvalue weighted by molar-refractivity contribution is -0.122. The minimum absolute atomic E-state index is 0. The fourth-order valence-corrected chi connectivity index (χ4v) is 3.97. The van der Waals surface area contributed by atoms with Gasteiger partial charge in [0.25, 0.3) is 0 Å². The summed E-state index contributed by atoms with van der Waals surface area (Å²) in [6.45, 7) is 15.0. The number of carbonyl (C=O) groups is 1. The van der Waals surface area contributed by atoms with E-state index in [1.54, 1.807) is 0 Å². The number of hydrogen-bond donors (Lipinski definition) is 2. The quantitative estimate of drug-likeness (QED) is 0.290. The summed E-state index contributed by atoms with van der Waals surface area (Å²) in [5, 5.41) is 6.53. The normalized spacial score (nSPS) is 25.3. The van der Waals surface area contributed by atoms with Crippen molar-refractivity contribution in [2.75, 3.05) is 65.6 Å². The van der Waals surface area contributed by atoms with Crippen LogP contribution in [-0.2, 0) is 9.53 Å². The van der Waals surface area contributed by atoms with Crippen molar-refractivity contribution in [2.45, 2.75) is 51.7 Å². The molecule has 2 atom stereocenters. The minimum Gasteiger partial charge on any atom is -0.379 e. The number of ether oxygens (including phenoxy) is 1. The van der Waals surface area contributed by atoms with Crippen LogP contribution in [0, 0.1) is 0 Å². The van der Waals surface area contributed by atoms with Crippen molar-refractivity contribution < 1.29 is 9.53 Å². The maximum Gasteiger partial charge on any atom is 0.234 e. The molecule has 1 aliphatic carbocycles. The van der Waals surface area contributed by atoms with Crippen molar-refractivity contribution in [2.24, 2.45) is 4.99 Å². The Balaban J connectivity index is 0.00000300. The van der Waals surface area contributed by atoms with E-state index < -0.39 is 0 Å². The van der Waals surface area contributed by atoms with E-state index in [9.17, 15) is 4.79 Å². The van der Waals surface area contributed by atoms with E-state index in [2.05, 4.69) is 46.1 Å². The molecule has 3 fully saturated rings. The number of aliphatic imine (C=N–C) groups is 1. The van der Waals surface area contributed by atoms with Crippen LogP contribution in [0.1, 0.15) is 33.6 Å². The molecule has 0 spiro atoms. The monoisotopic (exact) mass is 522 g/mol. The van der Waals surface area contributed by atoms with Crippen molar-refractivity contribution in [3.05, 3.63) is 0 Å². The number of guanidine groups is 1. The molecule has 8 nitrogen and oxygen atoms in total. The topological polar surface area (TPSA) is 72.4 Å². The maximum atomic E-state index is 12.0. The first-order valence-corrected chi connectivity index (χ1v) is 10.9. The first-order chi connectivity index (χ1) is 13.6. The Hall–Kier alpha value is -0.650. The molecule has 2 saturated heterocycles. The number of piperazine rings is 1. The van der Waals surface area contributed by atoms with Gasteiger partial charge in [-0.3, -0.25) is 19.6 Å². The van der Waals surface area contributed by atoms with Gasteiger partial charge < -0.3 is 20.3 Å². The Morgan fingerprint density at radius 3 is 2.55 bits per heavy atom. The molecule has 168 valence electrons. The van der Waals surface area contributed by atoms with Gasteiger partial charge in [-0.1, -0.05) is 0 Å². The Morgan fingerprint density at radius 2 is 1.93 bits per heavy atom. The Morgan fingerprint density at radius 1 is 1.21 bits per heavy atom. The number of morpholine rings is 1. The number of rotatable bonds is 7. The lowest BCUT2D eigenvalue weighted by Crippen LogP contribution is -2.54. The van der Waals surface area contributed by atoms with Gasteiger partial charge in [-0.15, -0.1) is 24.0 Å². The predicted molar refractivity (Wildman–Crippen MR) is 127 cm³/mol. The first kappa shape index (κ1) is 24.6. The van der Waals surface area contributed by atoms with Crippen molar-refractivity contribution >= 4 is 35.8 Å². The molecular weight excluding hydrogens is 483 g/mol. The van der Waals surface area contributed by atoms with Crippen LogP contribution >= 0.6 is 24.0 Å². The standard InChI is InChI=1S/C20H38N6O2.HI/c1-4-21-20(22-13-16(2)26-11-12-28-15-17(26)3)25-9-7-24(8-10-25)14-19(27)23-18-5-6-18;/h16-18H,4-15H2,1-3H3,(H,21,22)(H,23,27);1H. The third-order valence-corrected chi connectivity index (χ3v) is 5.81. The van der Waals surface area contributed by atoms with Crippen LogP contribution in [0.25, 0.3) is 0 Å². The van der Waals surface area contributed by atoms with Crippen LogP contribution in [0.4, 0.5) is 0 Å². The lowest BCUT2D eigenvalue weighted by Gasteiger charge is -2.38. The fourth-order valence-electron chi connectivity index (χ4n) is 3.97. The van der Waals surface area contributed by atoms with Gasteiger partial charge in [-0.25, -0.2) is 0 Å². The van der Waals surface area contributed by atoms with Gasteiger partial charge in [-0.05, 0) is 33.6 Å². The van der Waals surface area contributed by atoms with Gasteiger partial charge in [0, 0.05) is 57.4 Å². The molecule has 2 N–H and O–H groups in total. The van der Waals surface area contributed by atoms with Crippen LogP contribution in [-0.4, -0.2) is 110 Å². The van der Waals surface area contributed by atoms with Gasteiger partial charge >= 0.3 is 0 Å². The highest BCUT2D eigenvalue weighted by Gasteiger charge is 2.27. The Labute approximate surface area is 192 Å². The van der Waals surface area contributed by atoms with E-state index in [0.29, 0.717) is 24.7 Å². The summed E-state index contributed by atoms with van der Waals surface area (Å²) in [7, 11) is 0. The predicted octanol–water partition coefficient (Wildman–Crippen LogP) is 0.575. The van der Waals surface area contributed by atoms with Crippen LogP contribution in [0.3, 0.4) is 0 Å². The Bertz CT molecular complexity index is 537. The third-order valence-electron chi connectivity index (χ3n) is 5.81. The highest BCUT2D eigenvalue weighted by Crippen LogP contribution is 2.18. The molecule has 1 saturated carbocycles. The molecule has 2 heterocycles. The maximum absolute atomic E-state index is 12.0. The summed E-state index contributed by atoms with van der Waals surface area (Å²) < 4.78 is 5.55.